The standard InChI is InChI=1S/C8H9BrClNO2S2/c1-8(2-3-8)11-15(12,13)6-4-5(10)7(9)14-6/h4,11H,2-3H2,1H3. The van der Waals surface area contributed by atoms with E-state index in [2.05, 4.69) is 20.7 Å². The summed E-state index contributed by atoms with van der Waals surface area (Å²) in [5, 5.41) is 0.432. The van der Waals surface area contributed by atoms with Crippen LogP contribution in [-0.4, -0.2) is 14.0 Å². The first-order chi connectivity index (χ1) is 6.82. The van der Waals surface area contributed by atoms with Gasteiger partial charge < -0.3 is 0 Å². The second kappa shape index (κ2) is 3.70. The van der Waals surface area contributed by atoms with Crippen molar-refractivity contribution < 1.29 is 8.42 Å². The van der Waals surface area contributed by atoms with Crippen LogP contribution < -0.4 is 4.72 Å². The molecular weight excluding hydrogens is 322 g/mol. The third-order valence-electron chi connectivity index (χ3n) is 2.27. The predicted molar refractivity (Wildman–Crippen MR) is 65.0 cm³/mol. The Morgan fingerprint density at radius 2 is 2.20 bits per heavy atom. The quantitative estimate of drug-likeness (QED) is 0.926. The molecular formula is C8H9BrClNO2S2. The largest absolute Gasteiger partial charge is 0.250 e. The van der Waals surface area contributed by atoms with Crippen molar-refractivity contribution in [2.45, 2.75) is 29.5 Å². The van der Waals surface area contributed by atoms with Crippen LogP contribution in [0.4, 0.5) is 0 Å². The van der Waals surface area contributed by atoms with Gasteiger partial charge in [0.25, 0.3) is 10.0 Å². The lowest BCUT2D eigenvalue weighted by atomic mass is 10.4. The van der Waals surface area contributed by atoms with Crippen LogP contribution in [0.15, 0.2) is 14.1 Å². The minimum atomic E-state index is -3.40. The lowest BCUT2D eigenvalue weighted by Gasteiger charge is -2.09. The summed E-state index contributed by atoms with van der Waals surface area (Å²) >= 11 is 10.1. The first-order valence-corrected chi connectivity index (χ1v) is 7.78. The van der Waals surface area contributed by atoms with Crippen LogP contribution in [0.5, 0.6) is 0 Å². The highest BCUT2D eigenvalue weighted by Gasteiger charge is 2.41. The molecule has 0 aromatic carbocycles. The molecule has 1 heterocycles. The van der Waals surface area contributed by atoms with Gasteiger partial charge in [0.15, 0.2) is 0 Å². The molecule has 84 valence electrons. The minimum Gasteiger partial charge on any atom is -0.206 e. The second-order valence-electron chi connectivity index (χ2n) is 3.85. The second-order valence-corrected chi connectivity index (χ2v) is 8.54. The molecule has 0 radical (unpaired) electrons. The normalized spacial score (nSPS) is 19.1. The van der Waals surface area contributed by atoms with E-state index < -0.39 is 10.0 Å². The van der Waals surface area contributed by atoms with E-state index in [-0.39, 0.29) is 9.75 Å². The Morgan fingerprint density at radius 3 is 2.60 bits per heavy atom. The molecule has 1 N–H and O–H groups in total. The third-order valence-corrected chi connectivity index (χ3v) is 6.85. The molecule has 0 spiro atoms. The maximum absolute atomic E-state index is 11.9. The molecule has 0 saturated heterocycles. The summed E-state index contributed by atoms with van der Waals surface area (Å²) in [6.07, 6.45) is 1.79. The fourth-order valence-corrected chi connectivity index (χ4v) is 4.99. The zero-order valence-corrected chi connectivity index (χ0v) is 11.9. The smallest absolute Gasteiger partial charge is 0.206 e. The SMILES string of the molecule is CC1(NS(=O)(=O)c2cc(Cl)c(Br)s2)CC1. The summed E-state index contributed by atoms with van der Waals surface area (Å²) < 4.78 is 27.3. The van der Waals surface area contributed by atoms with Crippen LogP contribution in [0.2, 0.25) is 5.02 Å². The maximum Gasteiger partial charge on any atom is 0.250 e. The highest BCUT2D eigenvalue weighted by atomic mass is 79.9. The van der Waals surface area contributed by atoms with Crippen LogP contribution in [0.25, 0.3) is 0 Å². The lowest BCUT2D eigenvalue weighted by molar-refractivity contribution is 0.560. The number of halogens is 2. The topological polar surface area (TPSA) is 46.2 Å². The van der Waals surface area contributed by atoms with Crippen molar-refractivity contribution in [1.29, 1.82) is 0 Å². The summed E-state index contributed by atoms with van der Waals surface area (Å²) in [6, 6.07) is 1.46. The lowest BCUT2D eigenvalue weighted by Crippen LogP contribution is -2.33. The van der Waals surface area contributed by atoms with Gasteiger partial charge in [-0.15, -0.1) is 11.3 Å². The molecule has 0 atom stereocenters. The van der Waals surface area contributed by atoms with Gasteiger partial charge in [0.2, 0.25) is 0 Å². The van der Waals surface area contributed by atoms with Crippen LogP contribution in [-0.2, 0) is 10.0 Å². The molecule has 2 rings (SSSR count). The van der Waals surface area contributed by atoms with Crippen molar-refractivity contribution >= 4 is 48.9 Å². The van der Waals surface area contributed by atoms with Gasteiger partial charge in [-0.1, -0.05) is 11.6 Å². The molecule has 0 amide bonds. The monoisotopic (exact) mass is 329 g/mol. The zero-order chi connectivity index (χ0) is 11.3. The van der Waals surface area contributed by atoms with E-state index in [4.69, 9.17) is 11.6 Å². The average molecular weight is 331 g/mol. The Morgan fingerprint density at radius 1 is 1.60 bits per heavy atom. The van der Waals surface area contributed by atoms with Gasteiger partial charge in [-0.3, -0.25) is 0 Å². The van der Waals surface area contributed by atoms with E-state index in [0.29, 0.717) is 8.81 Å². The van der Waals surface area contributed by atoms with Gasteiger partial charge in [0, 0.05) is 5.54 Å². The number of rotatable bonds is 3. The van der Waals surface area contributed by atoms with Crippen LogP contribution in [0.1, 0.15) is 19.8 Å². The summed E-state index contributed by atoms with van der Waals surface area (Å²) in [5.41, 5.74) is -0.248. The zero-order valence-electron chi connectivity index (χ0n) is 7.88. The Bertz CT molecular complexity index is 473. The Balaban J connectivity index is 2.29. The molecule has 15 heavy (non-hydrogen) atoms. The molecule has 1 aromatic heterocycles. The Labute approximate surface area is 106 Å². The molecule has 1 fully saturated rings. The molecule has 0 aliphatic heterocycles. The molecule has 3 nitrogen and oxygen atoms in total. The molecule has 1 aliphatic carbocycles. The Kier molecular flexibility index (Phi) is 2.92. The summed E-state index contributed by atoms with van der Waals surface area (Å²) in [6.45, 7) is 1.90. The first-order valence-electron chi connectivity index (χ1n) is 4.31. The molecule has 1 aromatic rings. The summed E-state index contributed by atoms with van der Waals surface area (Å²) in [7, 11) is -3.40. The number of sulfonamides is 1. The van der Waals surface area contributed by atoms with E-state index in [1.807, 2.05) is 6.92 Å². The average Bonchev–Trinajstić information content (AvgIpc) is 2.69. The number of nitrogens with one attached hydrogen (secondary N) is 1. The fraction of sp³-hybridized carbons (Fsp3) is 0.500. The van der Waals surface area contributed by atoms with E-state index >= 15 is 0 Å². The van der Waals surface area contributed by atoms with E-state index in [9.17, 15) is 8.42 Å². The number of hydrogen-bond donors (Lipinski definition) is 1. The minimum absolute atomic E-state index is 0.248. The molecule has 1 saturated carbocycles. The summed E-state index contributed by atoms with van der Waals surface area (Å²) in [5.74, 6) is 0. The van der Waals surface area contributed by atoms with Gasteiger partial charge in [-0.2, -0.15) is 0 Å². The molecule has 7 heteroatoms. The van der Waals surface area contributed by atoms with Gasteiger partial charge in [-0.05, 0) is 41.8 Å². The highest BCUT2D eigenvalue weighted by Crippen LogP contribution is 2.39. The highest BCUT2D eigenvalue weighted by molar-refractivity contribution is 9.11. The van der Waals surface area contributed by atoms with E-state index in [0.717, 1.165) is 24.2 Å². The number of thiophene rings is 1. The van der Waals surface area contributed by atoms with Gasteiger partial charge in [0.1, 0.15) is 4.21 Å². The Hall–Kier alpha value is 0.380. The maximum atomic E-state index is 11.9. The van der Waals surface area contributed by atoms with Gasteiger partial charge >= 0.3 is 0 Å². The van der Waals surface area contributed by atoms with Crippen molar-refractivity contribution in [2.24, 2.45) is 0 Å². The van der Waals surface area contributed by atoms with Gasteiger partial charge in [-0.25, -0.2) is 13.1 Å². The summed E-state index contributed by atoms with van der Waals surface area (Å²) in [4.78, 5) is 0. The molecule has 1 aliphatic rings. The van der Waals surface area contributed by atoms with Crippen molar-refractivity contribution in [1.82, 2.24) is 4.72 Å². The van der Waals surface area contributed by atoms with Crippen molar-refractivity contribution in [2.75, 3.05) is 0 Å². The predicted octanol–water partition coefficient (Wildman–Crippen LogP) is 2.99. The van der Waals surface area contributed by atoms with Crippen molar-refractivity contribution in [3.05, 3.63) is 14.9 Å². The van der Waals surface area contributed by atoms with E-state index in [1.54, 1.807) is 0 Å². The van der Waals surface area contributed by atoms with Gasteiger partial charge in [0.05, 0.1) is 8.81 Å². The molecule has 0 unspecified atom stereocenters. The first kappa shape index (κ1) is 11.9. The van der Waals surface area contributed by atoms with Crippen LogP contribution in [0.3, 0.4) is 0 Å². The third kappa shape index (κ3) is 2.55. The van der Waals surface area contributed by atoms with E-state index in [1.165, 1.54) is 6.07 Å². The van der Waals surface area contributed by atoms with Crippen LogP contribution in [0, 0.1) is 0 Å². The fourth-order valence-electron chi connectivity index (χ4n) is 1.12. The van der Waals surface area contributed by atoms with Crippen LogP contribution >= 0.6 is 38.9 Å². The van der Waals surface area contributed by atoms with Crippen molar-refractivity contribution in [3.63, 3.8) is 0 Å². The number of hydrogen-bond acceptors (Lipinski definition) is 3. The molecule has 0 bridgehead atoms. The van der Waals surface area contributed by atoms with Crippen molar-refractivity contribution in [3.8, 4) is 0 Å².